The monoisotopic (exact) mass is 291 g/mol. The molecule has 3 amide bonds. The van der Waals surface area contributed by atoms with Crippen LogP contribution in [-0.2, 0) is 11.2 Å². The molecule has 0 aliphatic carbocycles. The minimum Gasteiger partial charge on any atom is -0.325 e. The fraction of sp³-hybridized carbons (Fsp3) is 0.429. The first kappa shape index (κ1) is 15.0. The highest BCUT2D eigenvalue weighted by atomic mass is 16.6. The summed E-state index contributed by atoms with van der Waals surface area (Å²) in [5, 5.41) is 13.6. The van der Waals surface area contributed by atoms with Crippen LogP contribution in [0.1, 0.15) is 19.4 Å². The topological polar surface area (TPSA) is 92.6 Å². The van der Waals surface area contributed by atoms with E-state index in [1.807, 2.05) is 30.3 Å². The van der Waals surface area contributed by atoms with Crippen LogP contribution < -0.4 is 5.32 Å². The second kappa shape index (κ2) is 5.51. The van der Waals surface area contributed by atoms with E-state index >= 15 is 0 Å². The smallest absolute Gasteiger partial charge is 0.324 e. The van der Waals surface area contributed by atoms with Crippen molar-refractivity contribution in [3.8, 4) is 0 Å². The highest BCUT2D eigenvalue weighted by Gasteiger charge is 2.53. The molecule has 1 unspecified atom stereocenters. The highest BCUT2D eigenvalue weighted by molar-refractivity contribution is 6.00. The summed E-state index contributed by atoms with van der Waals surface area (Å²) in [5.41, 5.74) is -0.235. The van der Waals surface area contributed by atoms with E-state index < -0.39 is 28.4 Å². The van der Waals surface area contributed by atoms with Gasteiger partial charge in [-0.05, 0) is 25.8 Å². The van der Waals surface area contributed by atoms with Crippen molar-refractivity contribution in [3.63, 3.8) is 0 Å². The zero-order valence-electron chi connectivity index (χ0n) is 11.9. The summed E-state index contributed by atoms with van der Waals surface area (Å²) in [6.45, 7) is 3.07. The third-order valence-electron chi connectivity index (χ3n) is 3.54. The Morgan fingerprint density at radius 2 is 1.90 bits per heavy atom. The maximum atomic E-state index is 12.2. The van der Waals surface area contributed by atoms with Crippen molar-refractivity contribution < 1.29 is 14.5 Å². The maximum absolute atomic E-state index is 12.2. The molecule has 7 nitrogen and oxygen atoms in total. The lowest BCUT2D eigenvalue weighted by atomic mass is 9.91. The third-order valence-corrected chi connectivity index (χ3v) is 3.54. The average molecular weight is 291 g/mol. The number of benzene rings is 1. The molecule has 7 heteroatoms. The van der Waals surface area contributed by atoms with Gasteiger partial charge in [0.15, 0.2) is 0 Å². The minimum absolute atomic E-state index is 0.120. The number of urea groups is 1. The number of hydrogen-bond acceptors (Lipinski definition) is 4. The number of nitrogens with one attached hydrogen (secondary N) is 1. The first-order chi connectivity index (χ1) is 9.83. The number of carbonyl (C=O) groups is 2. The summed E-state index contributed by atoms with van der Waals surface area (Å²) in [6, 6.07) is 7.29. The Labute approximate surface area is 122 Å². The summed E-state index contributed by atoms with van der Waals surface area (Å²) in [5.74, 6) is -0.760. The molecular weight excluding hydrogens is 274 g/mol. The van der Waals surface area contributed by atoms with Crippen molar-refractivity contribution >= 4 is 11.9 Å². The van der Waals surface area contributed by atoms with Crippen molar-refractivity contribution in [2.75, 3.05) is 6.54 Å². The predicted molar refractivity (Wildman–Crippen MR) is 75.3 cm³/mol. The Bertz CT molecular complexity index is 571. The van der Waals surface area contributed by atoms with Crippen molar-refractivity contribution in [3.05, 3.63) is 46.0 Å². The molecule has 21 heavy (non-hydrogen) atoms. The third kappa shape index (κ3) is 3.01. The Morgan fingerprint density at radius 3 is 2.48 bits per heavy atom. The van der Waals surface area contributed by atoms with Crippen molar-refractivity contribution in [1.29, 1.82) is 0 Å². The normalized spacial score (nSPS) is 21.0. The Balaban J connectivity index is 2.14. The van der Waals surface area contributed by atoms with Crippen LogP contribution in [0.25, 0.3) is 0 Å². The zero-order chi connectivity index (χ0) is 15.6. The molecule has 1 aromatic carbocycles. The molecule has 0 saturated carbocycles. The van der Waals surface area contributed by atoms with Gasteiger partial charge in [-0.25, -0.2) is 4.79 Å². The lowest BCUT2D eigenvalue weighted by molar-refractivity contribution is -0.520. The maximum Gasteiger partial charge on any atom is 0.324 e. The molecular formula is C14H17N3O4. The lowest BCUT2D eigenvalue weighted by Gasteiger charge is -2.37. The molecule has 1 heterocycles. The van der Waals surface area contributed by atoms with Gasteiger partial charge >= 0.3 is 18.0 Å². The van der Waals surface area contributed by atoms with Crippen LogP contribution in [0.4, 0.5) is 4.79 Å². The van der Waals surface area contributed by atoms with E-state index in [0.29, 0.717) is 6.42 Å². The lowest BCUT2D eigenvalue weighted by Crippen LogP contribution is -2.70. The molecule has 0 aromatic heterocycles. The largest absolute Gasteiger partial charge is 0.325 e. The Kier molecular flexibility index (Phi) is 3.93. The van der Waals surface area contributed by atoms with E-state index in [1.54, 1.807) is 0 Å². The molecule has 112 valence electrons. The molecule has 1 N–H and O–H groups in total. The van der Waals surface area contributed by atoms with Gasteiger partial charge in [0, 0.05) is 11.5 Å². The number of amides is 3. The van der Waals surface area contributed by atoms with Crippen LogP contribution in [0.5, 0.6) is 0 Å². The van der Waals surface area contributed by atoms with Crippen LogP contribution in [0.15, 0.2) is 30.3 Å². The van der Waals surface area contributed by atoms with Gasteiger partial charge in [-0.2, -0.15) is 0 Å². The summed E-state index contributed by atoms with van der Waals surface area (Å²) in [7, 11) is 0. The van der Waals surface area contributed by atoms with Gasteiger partial charge in [-0.1, -0.05) is 30.3 Å². The van der Waals surface area contributed by atoms with E-state index in [4.69, 9.17) is 0 Å². The summed E-state index contributed by atoms with van der Waals surface area (Å²) < 4.78 is 0. The van der Waals surface area contributed by atoms with Crippen molar-refractivity contribution in [2.45, 2.75) is 31.8 Å². The fourth-order valence-corrected chi connectivity index (χ4v) is 2.42. The molecule has 1 aliphatic rings. The molecule has 0 bridgehead atoms. The number of rotatable bonds is 4. The SMILES string of the molecule is CC1(C)NC(=O)N(CCc2ccccc2)C(=O)C1[N+](=O)[O-]. The van der Waals surface area contributed by atoms with E-state index in [2.05, 4.69) is 5.32 Å². The fourth-order valence-electron chi connectivity index (χ4n) is 2.42. The van der Waals surface area contributed by atoms with E-state index in [0.717, 1.165) is 10.5 Å². The number of carbonyl (C=O) groups excluding carboxylic acids is 2. The molecule has 2 rings (SSSR count). The molecule has 1 fully saturated rings. The van der Waals surface area contributed by atoms with Crippen LogP contribution >= 0.6 is 0 Å². The Hall–Kier alpha value is -2.44. The van der Waals surface area contributed by atoms with Crippen molar-refractivity contribution in [1.82, 2.24) is 10.2 Å². The molecule has 1 aromatic rings. The first-order valence-electron chi connectivity index (χ1n) is 6.64. The second-order valence-corrected chi connectivity index (χ2v) is 5.57. The highest BCUT2D eigenvalue weighted by Crippen LogP contribution is 2.21. The summed E-state index contributed by atoms with van der Waals surface area (Å²) in [4.78, 5) is 35.6. The van der Waals surface area contributed by atoms with Crippen LogP contribution in [0.2, 0.25) is 0 Å². The molecule has 0 radical (unpaired) electrons. The van der Waals surface area contributed by atoms with Gasteiger partial charge in [0.25, 0.3) is 0 Å². The molecule has 1 saturated heterocycles. The first-order valence-corrected chi connectivity index (χ1v) is 6.64. The summed E-state index contributed by atoms with van der Waals surface area (Å²) >= 11 is 0. The molecule has 1 aliphatic heterocycles. The van der Waals surface area contributed by atoms with E-state index in [9.17, 15) is 19.7 Å². The van der Waals surface area contributed by atoms with Gasteiger partial charge < -0.3 is 5.32 Å². The van der Waals surface area contributed by atoms with E-state index in [-0.39, 0.29) is 6.54 Å². The van der Waals surface area contributed by atoms with Gasteiger partial charge in [0.2, 0.25) is 0 Å². The summed E-state index contributed by atoms with van der Waals surface area (Å²) in [6.07, 6.45) is 0.463. The molecule has 1 atom stereocenters. The predicted octanol–water partition coefficient (Wildman–Crippen LogP) is 1.20. The number of imide groups is 1. The standard InChI is InChI=1S/C14H17N3O4/c1-14(2)11(17(20)21)12(18)16(13(19)15-14)9-8-10-6-4-3-5-7-10/h3-7,11H,8-9H2,1-2H3,(H,15,19). The van der Waals surface area contributed by atoms with Crippen LogP contribution in [0, 0.1) is 10.1 Å². The van der Waals surface area contributed by atoms with Gasteiger partial charge in [0.05, 0.1) is 0 Å². The quantitative estimate of drug-likeness (QED) is 0.666. The second-order valence-electron chi connectivity index (χ2n) is 5.57. The van der Waals surface area contributed by atoms with Crippen LogP contribution in [-0.4, -0.2) is 39.9 Å². The number of nitro groups is 1. The van der Waals surface area contributed by atoms with Gasteiger partial charge in [-0.15, -0.1) is 0 Å². The van der Waals surface area contributed by atoms with Gasteiger partial charge in [0.1, 0.15) is 5.54 Å². The van der Waals surface area contributed by atoms with Gasteiger partial charge in [-0.3, -0.25) is 19.8 Å². The van der Waals surface area contributed by atoms with Crippen molar-refractivity contribution in [2.24, 2.45) is 0 Å². The van der Waals surface area contributed by atoms with Crippen LogP contribution in [0.3, 0.4) is 0 Å². The zero-order valence-corrected chi connectivity index (χ0v) is 11.9. The number of hydrogen-bond donors (Lipinski definition) is 1. The van der Waals surface area contributed by atoms with E-state index in [1.165, 1.54) is 13.8 Å². The Morgan fingerprint density at radius 1 is 1.29 bits per heavy atom. The number of nitrogens with zero attached hydrogens (tertiary/aromatic N) is 2. The minimum atomic E-state index is -1.47. The molecule has 0 spiro atoms. The average Bonchev–Trinajstić information content (AvgIpc) is 2.37.